The first-order valence-electron chi connectivity index (χ1n) is 10.3. The van der Waals surface area contributed by atoms with Gasteiger partial charge in [0.1, 0.15) is 0 Å². The summed E-state index contributed by atoms with van der Waals surface area (Å²) in [5.41, 5.74) is 7.50. The van der Waals surface area contributed by atoms with E-state index in [-0.39, 0.29) is 25.2 Å². The minimum absolute atomic E-state index is 0.0581. The van der Waals surface area contributed by atoms with Gasteiger partial charge in [0.2, 0.25) is 6.79 Å². The highest BCUT2D eigenvalue weighted by molar-refractivity contribution is 5.89. The Bertz CT molecular complexity index is 1210. The number of rotatable bonds is 7. The van der Waals surface area contributed by atoms with Crippen LogP contribution in [-0.2, 0) is 9.53 Å². The highest BCUT2D eigenvalue weighted by atomic mass is 16.7. The number of methoxy groups -OCH3 is 1. The second-order valence-electron chi connectivity index (χ2n) is 7.42. The average molecular weight is 448 g/mol. The minimum atomic E-state index is -0.376. The zero-order chi connectivity index (χ0) is 23.4. The van der Waals surface area contributed by atoms with E-state index >= 15 is 0 Å². The number of ether oxygens (including phenoxy) is 3. The van der Waals surface area contributed by atoms with E-state index in [2.05, 4.69) is 15.8 Å². The van der Waals surface area contributed by atoms with E-state index in [0.717, 1.165) is 28.3 Å². The highest BCUT2D eigenvalue weighted by Gasteiger charge is 2.14. The van der Waals surface area contributed by atoms with Crippen molar-refractivity contribution in [2.75, 3.05) is 25.8 Å². The van der Waals surface area contributed by atoms with Crippen molar-refractivity contribution < 1.29 is 23.8 Å². The third kappa shape index (κ3) is 4.82. The highest BCUT2D eigenvalue weighted by Crippen LogP contribution is 2.34. The van der Waals surface area contributed by atoms with Crippen LogP contribution in [0.4, 0.5) is 5.69 Å². The number of benzene rings is 2. The number of esters is 1. The van der Waals surface area contributed by atoms with Crippen LogP contribution >= 0.6 is 0 Å². The van der Waals surface area contributed by atoms with E-state index in [0.29, 0.717) is 17.1 Å². The van der Waals surface area contributed by atoms with E-state index in [4.69, 9.17) is 14.2 Å². The van der Waals surface area contributed by atoms with E-state index in [1.165, 1.54) is 7.11 Å². The Balaban J connectivity index is 1.36. The largest absolute Gasteiger partial charge is 0.465 e. The van der Waals surface area contributed by atoms with Crippen molar-refractivity contribution in [3.8, 4) is 17.2 Å². The molecule has 9 heteroatoms. The summed E-state index contributed by atoms with van der Waals surface area (Å²) >= 11 is 0. The zero-order valence-electron chi connectivity index (χ0n) is 18.5. The number of aryl methyl sites for hydroxylation is 1. The summed E-state index contributed by atoms with van der Waals surface area (Å²) in [6.07, 6.45) is 1.61. The van der Waals surface area contributed by atoms with Gasteiger partial charge in [-0.15, -0.1) is 0 Å². The van der Waals surface area contributed by atoms with Gasteiger partial charge in [-0.2, -0.15) is 5.10 Å². The number of carbonyl (C=O) groups is 2. The normalized spacial score (nSPS) is 12.1. The van der Waals surface area contributed by atoms with Crippen molar-refractivity contribution >= 4 is 23.8 Å². The van der Waals surface area contributed by atoms with Crippen LogP contribution in [0.5, 0.6) is 11.5 Å². The summed E-state index contributed by atoms with van der Waals surface area (Å²) in [5.74, 6) is 0.676. The van der Waals surface area contributed by atoms with Crippen LogP contribution in [-0.4, -0.2) is 43.1 Å². The lowest BCUT2D eigenvalue weighted by Crippen LogP contribution is -2.25. The van der Waals surface area contributed by atoms with E-state index in [1.54, 1.807) is 30.5 Å². The van der Waals surface area contributed by atoms with Crippen LogP contribution in [0.25, 0.3) is 5.69 Å². The molecule has 1 aliphatic heterocycles. The average Bonchev–Trinajstić information content (AvgIpc) is 3.40. The Morgan fingerprint density at radius 1 is 1.09 bits per heavy atom. The third-order valence-corrected chi connectivity index (χ3v) is 5.24. The quantitative estimate of drug-likeness (QED) is 0.327. The number of carbonyl (C=O) groups excluding carboxylic acids is 2. The number of nitrogens with one attached hydrogen (secondary N) is 2. The molecule has 2 heterocycles. The van der Waals surface area contributed by atoms with Gasteiger partial charge in [0.15, 0.2) is 11.5 Å². The molecule has 9 nitrogen and oxygen atoms in total. The van der Waals surface area contributed by atoms with Gasteiger partial charge >= 0.3 is 5.97 Å². The van der Waals surface area contributed by atoms with Crippen LogP contribution in [0, 0.1) is 13.8 Å². The lowest BCUT2D eigenvalue weighted by molar-refractivity contribution is -0.119. The van der Waals surface area contributed by atoms with E-state index in [1.807, 2.05) is 42.7 Å². The number of hydrogen-bond donors (Lipinski definition) is 2. The number of aromatic nitrogens is 1. The van der Waals surface area contributed by atoms with E-state index in [9.17, 15) is 9.59 Å². The van der Waals surface area contributed by atoms with Crippen LogP contribution < -0.4 is 20.2 Å². The van der Waals surface area contributed by atoms with Gasteiger partial charge in [0, 0.05) is 34.4 Å². The molecule has 33 heavy (non-hydrogen) atoms. The second kappa shape index (κ2) is 9.47. The van der Waals surface area contributed by atoms with Gasteiger partial charge in [-0.25, -0.2) is 10.2 Å². The Kier molecular flexibility index (Phi) is 6.30. The standard InChI is InChI=1S/C24H24N4O5/c1-15-10-18(16(2)28(15)20-7-4-17(5-8-20)24(30)31-3)12-26-27-23(29)13-25-19-6-9-21-22(11-19)33-14-32-21/h4-12,25H,13-14H2,1-3H3,(H,27,29)/b26-12-. The number of nitrogens with zero attached hydrogens (tertiary/aromatic N) is 2. The first kappa shape index (κ1) is 21.9. The molecule has 3 aromatic rings. The fraction of sp³-hybridized carbons (Fsp3) is 0.208. The predicted molar refractivity (Wildman–Crippen MR) is 123 cm³/mol. The van der Waals surface area contributed by atoms with Gasteiger partial charge in [-0.3, -0.25) is 4.79 Å². The first-order valence-corrected chi connectivity index (χ1v) is 10.3. The molecule has 0 atom stereocenters. The molecule has 0 spiro atoms. The van der Waals surface area contributed by atoms with Gasteiger partial charge in [-0.05, 0) is 56.3 Å². The summed E-state index contributed by atoms with van der Waals surface area (Å²) in [4.78, 5) is 23.8. The Labute approximate surface area is 191 Å². The summed E-state index contributed by atoms with van der Waals surface area (Å²) in [6.45, 7) is 4.20. The summed E-state index contributed by atoms with van der Waals surface area (Å²) in [6, 6.07) is 14.5. The van der Waals surface area contributed by atoms with Crippen LogP contribution in [0.15, 0.2) is 53.6 Å². The van der Waals surface area contributed by atoms with Gasteiger partial charge in [0.05, 0.1) is 25.4 Å². The molecule has 2 N–H and O–H groups in total. The number of anilines is 1. The van der Waals surface area contributed by atoms with Gasteiger partial charge in [0.25, 0.3) is 5.91 Å². The molecule has 2 aromatic carbocycles. The number of amides is 1. The molecule has 1 aromatic heterocycles. The van der Waals surface area contributed by atoms with Gasteiger partial charge in [-0.1, -0.05) is 0 Å². The number of fused-ring (bicyclic) bond motifs is 1. The third-order valence-electron chi connectivity index (χ3n) is 5.24. The Morgan fingerprint density at radius 2 is 1.85 bits per heavy atom. The monoisotopic (exact) mass is 448 g/mol. The molecule has 0 aliphatic carbocycles. The van der Waals surface area contributed by atoms with Crippen LogP contribution in [0.1, 0.15) is 27.3 Å². The molecule has 0 bridgehead atoms. The second-order valence-corrected chi connectivity index (χ2v) is 7.42. The lowest BCUT2D eigenvalue weighted by atomic mass is 10.2. The smallest absolute Gasteiger partial charge is 0.337 e. The van der Waals surface area contributed by atoms with Crippen molar-refractivity contribution in [2.24, 2.45) is 5.10 Å². The van der Waals surface area contributed by atoms with Crippen LogP contribution in [0.3, 0.4) is 0 Å². The Morgan fingerprint density at radius 3 is 2.61 bits per heavy atom. The van der Waals surface area contributed by atoms with Crippen molar-refractivity contribution in [3.05, 3.63) is 71.0 Å². The van der Waals surface area contributed by atoms with Crippen molar-refractivity contribution in [1.82, 2.24) is 9.99 Å². The predicted octanol–water partition coefficient (Wildman–Crippen LogP) is 3.17. The minimum Gasteiger partial charge on any atom is -0.465 e. The molecule has 1 aliphatic rings. The molecule has 170 valence electrons. The SMILES string of the molecule is COC(=O)c1ccc(-n2c(C)cc(/C=N\NC(=O)CNc3ccc4c(c3)OCO4)c2C)cc1. The first-order chi connectivity index (χ1) is 16.0. The molecule has 0 unspecified atom stereocenters. The lowest BCUT2D eigenvalue weighted by Gasteiger charge is -2.10. The topological polar surface area (TPSA) is 103 Å². The molecule has 0 radical (unpaired) electrons. The molecule has 4 rings (SSSR count). The molecule has 0 fully saturated rings. The summed E-state index contributed by atoms with van der Waals surface area (Å²) < 4.78 is 17.4. The molecular weight excluding hydrogens is 424 g/mol. The summed E-state index contributed by atoms with van der Waals surface area (Å²) in [5, 5.41) is 7.11. The number of hydrogen-bond acceptors (Lipinski definition) is 7. The summed E-state index contributed by atoms with van der Waals surface area (Å²) in [7, 11) is 1.36. The number of hydrazone groups is 1. The molecular formula is C24H24N4O5. The molecule has 0 saturated carbocycles. The van der Waals surface area contributed by atoms with Crippen molar-refractivity contribution in [1.29, 1.82) is 0 Å². The maximum absolute atomic E-state index is 12.1. The fourth-order valence-corrected chi connectivity index (χ4v) is 3.58. The maximum Gasteiger partial charge on any atom is 0.337 e. The van der Waals surface area contributed by atoms with E-state index < -0.39 is 0 Å². The molecule has 1 amide bonds. The maximum atomic E-state index is 12.1. The fourth-order valence-electron chi connectivity index (χ4n) is 3.58. The van der Waals surface area contributed by atoms with Crippen molar-refractivity contribution in [2.45, 2.75) is 13.8 Å². The van der Waals surface area contributed by atoms with Crippen molar-refractivity contribution in [3.63, 3.8) is 0 Å². The molecule has 0 saturated heterocycles. The van der Waals surface area contributed by atoms with Gasteiger partial charge < -0.3 is 24.1 Å². The zero-order valence-corrected chi connectivity index (χ0v) is 18.5. The Hall–Kier alpha value is -4.27. The van der Waals surface area contributed by atoms with Crippen LogP contribution in [0.2, 0.25) is 0 Å².